The van der Waals surface area contributed by atoms with Gasteiger partial charge in [-0.1, -0.05) is 13.0 Å². The Bertz CT molecular complexity index is 522. The van der Waals surface area contributed by atoms with Crippen molar-refractivity contribution < 1.29 is 23.9 Å². The van der Waals surface area contributed by atoms with Crippen LogP contribution in [0.25, 0.3) is 0 Å². The van der Waals surface area contributed by atoms with Gasteiger partial charge in [-0.25, -0.2) is 14.5 Å². The fraction of sp³-hybridized carbons (Fsp3) is 0.706. The second kappa shape index (κ2) is 6.72. The Morgan fingerprint density at radius 1 is 1.13 bits per heavy atom. The van der Waals surface area contributed by atoms with Gasteiger partial charge in [-0.3, -0.25) is 4.79 Å². The Hall–Kier alpha value is -1.85. The molecule has 0 N–H and O–H groups in total. The zero-order valence-corrected chi connectivity index (χ0v) is 15.1. The van der Waals surface area contributed by atoms with Crippen LogP contribution in [0, 0.1) is 0 Å². The Labute approximate surface area is 137 Å². The number of allylic oxidation sites excluding steroid dienone is 1. The fourth-order valence-corrected chi connectivity index (χ4v) is 2.18. The Morgan fingerprint density at radius 2 is 1.65 bits per heavy atom. The van der Waals surface area contributed by atoms with Crippen LogP contribution >= 0.6 is 0 Å². The first kappa shape index (κ1) is 19.2. The van der Waals surface area contributed by atoms with Crippen molar-refractivity contribution in [2.75, 3.05) is 0 Å². The molecule has 1 saturated heterocycles. The Balaban J connectivity index is 3.09. The van der Waals surface area contributed by atoms with E-state index in [0.717, 1.165) is 4.90 Å². The molecule has 1 heterocycles. The molecule has 6 heteroatoms. The largest absolute Gasteiger partial charge is 0.458 e. The molecule has 0 saturated carbocycles. The summed E-state index contributed by atoms with van der Waals surface area (Å²) in [5.41, 5.74) is -1.02. The maximum absolute atomic E-state index is 12.5. The number of imide groups is 1. The van der Waals surface area contributed by atoms with E-state index in [1.807, 2.05) is 6.92 Å². The second-order valence-corrected chi connectivity index (χ2v) is 7.55. The third-order valence-electron chi connectivity index (χ3n) is 2.94. The van der Waals surface area contributed by atoms with E-state index in [2.05, 4.69) is 0 Å². The van der Waals surface area contributed by atoms with Gasteiger partial charge in [-0.15, -0.1) is 0 Å². The average Bonchev–Trinajstić information content (AvgIpc) is 2.63. The third kappa shape index (κ3) is 5.37. The predicted octanol–water partition coefficient (Wildman–Crippen LogP) is 3.20. The molecule has 1 aliphatic heterocycles. The topological polar surface area (TPSA) is 72.9 Å². The number of hydrogen-bond acceptors (Lipinski definition) is 5. The van der Waals surface area contributed by atoms with Gasteiger partial charge >= 0.3 is 12.1 Å². The van der Waals surface area contributed by atoms with Crippen molar-refractivity contribution in [3.8, 4) is 0 Å². The molecular formula is C17H27NO5. The molecule has 1 fully saturated rings. The van der Waals surface area contributed by atoms with Gasteiger partial charge < -0.3 is 9.47 Å². The number of carbonyl (C=O) groups excluding carboxylic acids is 3. The van der Waals surface area contributed by atoms with E-state index in [9.17, 15) is 14.4 Å². The van der Waals surface area contributed by atoms with Crippen molar-refractivity contribution in [1.82, 2.24) is 4.90 Å². The molecule has 0 aliphatic carbocycles. The summed E-state index contributed by atoms with van der Waals surface area (Å²) in [4.78, 5) is 38.1. The number of rotatable bonds is 2. The zero-order chi connectivity index (χ0) is 18.0. The Kier molecular flexibility index (Phi) is 5.61. The molecule has 1 rings (SSSR count). The summed E-state index contributed by atoms with van der Waals surface area (Å²) in [6.45, 7) is 12.2. The van der Waals surface area contributed by atoms with Gasteiger partial charge in [0.2, 0.25) is 0 Å². The summed E-state index contributed by atoms with van der Waals surface area (Å²) >= 11 is 0. The van der Waals surface area contributed by atoms with Gasteiger partial charge in [0.25, 0.3) is 5.91 Å². The molecule has 0 aromatic rings. The molecule has 0 spiro atoms. The third-order valence-corrected chi connectivity index (χ3v) is 2.94. The van der Waals surface area contributed by atoms with Crippen LogP contribution in [0.15, 0.2) is 11.6 Å². The summed E-state index contributed by atoms with van der Waals surface area (Å²) in [7, 11) is 0. The standard InChI is InChI=1S/C17H27NO5/c1-8-9-11-10-12(14(20)22-16(2,3)4)18(13(11)19)15(21)23-17(5,6)7/h9,12H,8,10H2,1-7H3/b11-9-/t12-/m0/s1. The second-order valence-electron chi connectivity index (χ2n) is 7.55. The molecule has 1 aliphatic rings. The summed E-state index contributed by atoms with van der Waals surface area (Å²) in [6, 6.07) is -0.977. The lowest BCUT2D eigenvalue weighted by molar-refractivity contribution is -0.161. The highest BCUT2D eigenvalue weighted by Gasteiger charge is 2.46. The van der Waals surface area contributed by atoms with Gasteiger partial charge in [-0.05, 0) is 48.0 Å². The van der Waals surface area contributed by atoms with Crippen molar-refractivity contribution in [1.29, 1.82) is 0 Å². The monoisotopic (exact) mass is 325 g/mol. The van der Waals surface area contributed by atoms with Crippen LogP contribution in [0.5, 0.6) is 0 Å². The summed E-state index contributed by atoms with van der Waals surface area (Å²) in [5.74, 6) is -1.09. The molecule has 0 aromatic carbocycles. The number of hydrogen-bond donors (Lipinski definition) is 0. The SMILES string of the molecule is CC/C=C1/C[C@@H](C(=O)OC(C)(C)C)N(C(=O)OC(C)(C)C)C1=O. The smallest absolute Gasteiger partial charge is 0.418 e. The van der Waals surface area contributed by atoms with E-state index < -0.39 is 35.2 Å². The van der Waals surface area contributed by atoms with Crippen molar-refractivity contribution in [2.24, 2.45) is 0 Å². The van der Waals surface area contributed by atoms with Gasteiger partial charge in [-0.2, -0.15) is 0 Å². The zero-order valence-electron chi connectivity index (χ0n) is 15.1. The normalized spacial score (nSPS) is 20.8. The van der Waals surface area contributed by atoms with Crippen LogP contribution < -0.4 is 0 Å². The maximum Gasteiger partial charge on any atom is 0.418 e. The minimum absolute atomic E-state index is 0.154. The van der Waals surface area contributed by atoms with Crippen LogP contribution in [0.3, 0.4) is 0 Å². The number of amides is 2. The first-order valence-electron chi connectivity index (χ1n) is 7.84. The van der Waals surface area contributed by atoms with Crippen LogP contribution in [-0.2, 0) is 19.1 Å². The quantitative estimate of drug-likeness (QED) is 0.576. The molecular weight excluding hydrogens is 298 g/mol. The molecule has 0 aromatic heterocycles. The minimum Gasteiger partial charge on any atom is -0.458 e. The lowest BCUT2D eigenvalue weighted by Crippen LogP contribution is -2.47. The number of likely N-dealkylation sites (tertiary alicyclic amines) is 1. The van der Waals surface area contributed by atoms with Crippen LogP contribution in [0.1, 0.15) is 61.3 Å². The minimum atomic E-state index is -0.977. The van der Waals surface area contributed by atoms with E-state index in [4.69, 9.17) is 9.47 Å². The number of ether oxygens (including phenoxy) is 2. The molecule has 0 unspecified atom stereocenters. The highest BCUT2D eigenvalue weighted by molar-refractivity contribution is 6.08. The van der Waals surface area contributed by atoms with Gasteiger partial charge in [0.1, 0.15) is 17.2 Å². The van der Waals surface area contributed by atoms with Crippen molar-refractivity contribution in [2.45, 2.75) is 78.6 Å². The van der Waals surface area contributed by atoms with E-state index in [1.54, 1.807) is 47.6 Å². The van der Waals surface area contributed by atoms with Gasteiger partial charge in [0.05, 0.1) is 0 Å². The molecule has 130 valence electrons. The van der Waals surface area contributed by atoms with Crippen molar-refractivity contribution in [3.05, 3.63) is 11.6 Å². The van der Waals surface area contributed by atoms with E-state index in [0.29, 0.717) is 12.0 Å². The number of carbonyl (C=O) groups is 3. The number of nitrogens with zero attached hydrogens (tertiary/aromatic N) is 1. The average molecular weight is 325 g/mol. The van der Waals surface area contributed by atoms with Gasteiger partial charge in [0.15, 0.2) is 0 Å². The van der Waals surface area contributed by atoms with E-state index >= 15 is 0 Å². The van der Waals surface area contributed by atoms with Crippen molar-refractivity contribution >= 4 is 18.0 Å². The molecule has 6 nitrogen and oxygen atoms in total. The van der Waals surface area contributed by atoms with Crippen LogP contribution in [0.2, 0.25) is 0 Å². The number of esters is 1. The molecule has 2 amide bonds. The fourth-order valence-electron chi connectivity index (χ4n) is 2.18. The molecule has 1 atom stereocenters. The van der Waals surface area contributed by atoms with E-state index in [-0.39, 0.29) is 6.42 Å². The lowest BCUT2D eigenvalue weighted by atomic mass is 10.1. The first-order valence-corrected chi connectivity index (χ1v) is 7.84. The Morgan fingerprint density at radius 3 is 2.09 bits per heavy atom. The molecule has 23 heavy (non-hydrogen) atoms. The first-order chi connectivity index (χ1) is 10.4. The maximum atomic E-state index is 12.5. The highest BCUT2D eigenvalue weighted by atomic mass is 16.6. The predicted molar refractivity (Wildman–Crippen MR) is 85.7 cm³/mol. The van der Waals surface area contributed by atoms with E-state index in [1.165, 1.54) is 0 Å². The molecule has 0 bridgehead atoms. The van der Waals surface area contributed by atoms with Crippen LogP contribution in [0.4, 0.5) is 4.79 Å². The van der Waals surface area contributed by atoms with Crippen LogP contribution in [-0.4, -0.2) is 40.1 Å². The summed E-state index contributed by atoms with van der Waals surface area (Å²) < 4.78 is 10.6. The van der Waals surface area contributed by atoms with Gasteiger partial charge in [0, 0.05) is 12.0 Å². The molecule has 0 radical (unpaired) electrons. The lowest BCUT2D eigenvalue weighted by Gasteiger charge is -2.28. The highest BCUT2D eigenvalue weighted by Crippen LogP contribution is 2.28. The summed E-state index contributed by atoms with van der Waals surface area (Å²) in [6.07, 6.45) is 1.70. The summed E-state index contributed by atoms with van der Waals surface area (Å²) in [5, 5.41) is 0. The van der Waals surface area contributed by atoms with Crippen molar-refractivity contribution in [3.63, 3.8) is 0 Å².